The van der Waals surface area contributed by atoms with Gasteiger partial charge in [0.2, 0.25) is 0 Å². The van der Waals surface area contributed by atoms with E-state index in [0.717, 1.165) is 12.2 Å². The molecule has 0 atom stereocenters. The predicted molar refractivity (Wildman–Crippen MR) is 63.4 cm³/mol. The summed E-state index contributed by atoms with van der Waals surface area (Å²) in [5.41, 5.74) is 1.02. The predicted octanol–water partition coefficient (Wildman–Crippen LogP) is 2.75. The third-order valence-corrected chi connectivity index (χ3v) is 2.45. The molecular weight excluding hydrogens is 204 g/mol. The zero-order valence-corrected chi connectivity index (χ0v) is 8.67. The Morgan fingerprint density at radius 1 is 1.19 bits per heavy atom. The molecule has 1 aromatic rings. The van der Waals surface area contributed by atoms with Gasteiger partial charge in [0, 0.05) is 30.3 Å². The highest BCUT2D eigenvalue weighted by molar-refractivity contribution is 5.48. The minimum absolute atomic E-state index is 0.117. The zero-order chi connectivity index (χ0) is 11.4. The van der Waals surface area contributed by atoms with Gasteiger partial charge in [-0.1, -0.05) is 24.3 Å². The van der Waals surface area contributed by atoms with Gasteiger partial charge in [0.25, 0.3) is 5.69 Å². The monoisotopic (exact) mass is 216 g/mol. The third kappa shape index (κ3) is 2.48. The molecule has 0 saturated heterocycles. The Hall–Kier alpha value is -2.10. The summed E-state index contributed by atoms with van der Waals surface area (Å²) in [5.74, 6) is 0.412. The standard InChI is InChI=1S/C12H12N2O2/c15-14(16)12-7-5-11(6-8-12)13-9-10-3-1-2-4-10/h1-8,10,13H,9H2. The van der Waals surface area contributed by atoms with E-state index in [1.807, 2.05) is 12.2 Å². The van der Waals surface area contributed by atoms with Crippen LogP contribution >= 0.6 is 0 Å². The first-order valence-corrected chi connectivity index (χ1v) is 5.09. The molecule has 0 radical (unpaired) electrons. The highest BCUT2D eigenvalue weighted by Gasteiger charge is 2.05. The molecule has 0 unspecified atom stereocenters. The average molecular weight is 216 g/mol. The van der Waals surface area contributed by atoms with Crippen molar-refractivity contribution < 1.29 is 4.92 Å². The average Bonchev–Trinajstić information content (AvgIpc) is 2.80. The minimum Gasteiger partial charge on any atom is -0.384 e. The molecular formula is C12H12N2O2. The van der Waals surface area contributed by atoms with Crippen molar-refractivity contribution in [2.45, 2.75) is 0 Å². The van der Waals surface area contributed by atoms with Crippen LogP contribution < -0.4 is 5.32 Å². The molecule has 1 aliphatic rings. The van der Waals surface area contributed by atoms with Crippen LogP contribution in [-0.4, -0.2) is 11.5 Å². The summed E-state index contributed by atoms with van der Waals surface area (Å²) in [4.78, 5) is 10.0. The molecule has 0 bridgehead atoms. The number of allylic oxidation sites excluding steroid dienone is 2. The van der Waals surface area contributed by atoms with E-state index in [1.54, 1.807) is 12.1 Å². The SMILES string of the molecule is O=[N+]([O-])c1ccc(NCC2C=CC=C2)cc1. The van der Waals surface area contributed by atoms with E-state index in [9.17, 15) is 10.1 Å². The number of hydrogen-bond acceptors (Lipinski definition) is 3. The van der Waals surface area contributed by atoms with Crippen LogP contribution in [0.2, 0.25) is 0 Å². The van der Waals surface area contributed by atoms with Crippen LogP contribution in [0.1, 0.15) is 0 Å². The van der Waals surface area contributed by atoms with Crippen LogP contribution in [0.4, 0.5) is 11.4 Å². The molecule has 0 aliphatic heterocycles. The first-order chi connectivity index (χ1) is 7.75. The van der Waals surface area contributed by atoms with Gasteiger partial charge in [0.1, 0.15) is 0 Å². The fourth-order valence-corrected chi connectivity index (χ4v) is 1.55. The Bertz CT molecular complexity index is 423. The van der Waals surface area contributed by atoms with Crippen LogP contribution in [0.15, 0.2) is 48.6 Å². The molecule has 0 spiro atoms. The Balaban J connectivity index is 1.92. The number of nitrogens with one attached hydrogen (secondary N) is 1. The maximum atomic E-state index is 10.4. The molecule has 0 fully saturated rings. The maximum absolute atomic E-state index is 10.4. The van der Waals surface area contributed by atoms with Gasteiger partial charge in [-0.05, 0) is 12.1 Å². The number of non-ortho nitro benzene ring substituents is 1. The van der Waals surface area contributed by atoms with E-state index in [4.69, 9.17) is 0 Å². The number of benzene rings is 1. The molecule has 0 amide bonds. The second-order valence-electron chi connectivity index (χ2n) is 3.62. The topological polar surface area (TPSA) is 55.2 Å². The van der Waals surface area contributed by atoms with E-state index < -0.39 is 4.92 Å². The largest absolute Gasteiger partial charge is 0.384 e. The van der Waals surface area contributed by atoms with Gasteiger partial charge in [-0.15, -0.1) is 0 Å². The Morgan fingerprint density at radius 2 is 1.81 bits per heavy atom. The van der Waals surface area contributed by atoms with Gasteiger partial charge in [0.05, 0.1) is 4.92 Å². The number of rotatable bonds is 4. The summed E-state index contributed by atoms with van der Waals surface area (Å²) < 4.78 is 0. The van der Waals surface area contributed by atoms with Crippen molar-refractivity contribution in [1.82, 2.24) is 0 Å². The van der Waals surface area contributed by atoms with Crippen molar-refractivity contribution in [3.8, 4) is 0 Å². The van der Waals surface area contributed by atoms with Gasteiger partial charge < -0.3 is 5.32 Å². The molecule has 1 aromatic carbocycles. The second-order valence-corrected chi connectivity index (χ2v) is 3.62. The lowest BCUT2D eigenvalue weighted by molar-refractivity contribution is -0.384. The fourth-order valence-electron chi connectivity index (χ4n) is 1.55. The van der Waals surface area contributed by atoms with Crippen LogP contribution in [0.3, 0.4) is 0 Å². The quantitative estimate of drug-likeness (QED) is 0.622. The number of hydrogen-bond donors (Lipinski definition) is 1. The molecule has 82 valence electrons. The lowest BCUT2D eigenvalue weighted by Crippen LogP contribution is -2.08. The smallest absolute Gasteiger partial charge is 0.269 e. The van der Waals surface area contributed by atoms with Crippen molar-refractivity contribution in [3.05, 3.63) is 58.7 Å². The summed E-state index contributed by atoms with van der Waals surface area (Å²) in [6.45, 7) is 0.810. The van der Waals surface area contributed by atoms with Crippen molar-refractivity contribution in [1.29, 1.82) is 0 Å². The summed E-state index contributed by atoms with van der Waals surface area (Å²) in [7, 11) is 0. The number of nitro benzene ring substituents is 1. The molecule has 4 nitrogen and oxygen atoms in total. The molecule has 0 heterocycles. The summed E-state index contributed by atoms with van der Waals surface area (Å²) in [5, 5.41) is 13.7. The molecule has 0 saturated carbocycles. The third-order valence-electron chi connectivity index (χ3n) is 2.45. The summed E-state index contributed by atoms with van der Waals surface area (Å²) in [6.07, 6.45) is 8.25. The zero-order valence-electron chi connectivity index (χ0n) is 8.67. The van der Waals surface area contributed by atoms with Gasteiger partial charge in [-0.3, -0.25) is 10.1 Å². The van der Waals surface area contributed by atoms with Crippen molar-refractivity contribution >= 4 is 11.4 Å². The van der Waals surface area contributed by atoms with Crippen LogP contribution in [0.5, 0.6) is 0 Å². The molecule has 1 N–H and O–H groups in total. The van der Waals surface area contributed by atoms with Crippen LogP contribution in [0.25, 0.3) is 0 Å². The maximum Gasteiger partial charge on any atom is 0.269 e. The summed E-state index contributed by atoms with van der Waals surface area (Å²) >= 11 is 0. The Morgan fingerprint density at radius 3 is 2.38 bits per heavy atom. The van der Waals surface area contributed by atoms with E-state index in [0.29, 0.717) is 5.92 Å². The highest BCUT2D eigenvalue weighted by Crippen LogP contribution is 2.16. The highest BCUT2D eigenvalue weighted by atomic mass is 16.6. The molecule has 2 rings (SSSR count). The van der Waals surface area contributed by atoms with Crippen molar-refractivity contribution in [3.63, 3.8) is 0 Å². The molecule has 1 aliphatic carbocycles. The van der Waals surface area contributed by atoms with E-state index in [1.165, 1.54) is 12.1 Å². The molecule has 0 aromatic heterocycles. The van der Waals surface area contributed by atoms with E-state index >= 15 is 0 Å². The first kappa shape index (κ1) is 10.4. The molecule has 4 heteroatoms. The van der Waals surface area contributed by atoms with Crippen LogP contribution in [-0.2, 0) is 0 Å². The minimum atomic E-state index is -0.397. The Kier molecular flexibility index (Phi) is 3.00. The van der Waals surface area contributed by atoms with Gasteiger partial charge in [-0.2, -0.15) is 0 Å². The fraction of sp³-hybridized carbons (Fsp3) is 0.167. The van der Waals surface area contributed by atoms with Gasteiger partial charge in [-0.25, -0.2) is 0 Å². The summed E-state index contributed by atoms with van der Waals surface area (Å²) in [6, 6.07) is 6.45. The van der Waals surface area contributed by atoms with Gasteiger partial charge in [0.15, 0.2) is 0 Å². The first-order valence-electron chi connectivity index (χ1n) is 5.09. The lowest BCUT2D eigenvalue weighted by Gasteiger charge is -2.08. The van der Waals surface area contributed by atoms with E-state index in [2.05, 4.69) is 17.5 Å². The number of nitro groups is 1. The van der Waals surface area contributed by atoms with Crippen LogP contribution in [0, 0.1) is 16.0 Å². The normalized spacial score (nSPS) is 14.2. The van der Waals surface area contributed by atoms with Crippen molar-refractivity contribution in [2.24, 2.45) is 5.92 Å². The molecule has 16 heavy (non-hydrogen) atoms. The van der Waals surface area contributed by atoms with Crippen molar-refractivity contribution in [2.75, 3.05) is 11.9 Å². The number of anilines is 1. The number of nitrogens with zero attached hydrogens (tertiary/aromatic N) is 1. The lowest BCUT2D eigenvalue weighted by atomic mass is 10.1. The second kappa shape index (κ2) is 4.61. The van der Waals surface area contributed by atoms with Gasteiger partial charge >= 0.3 is 0 Å². The Labute approximate surface area is 93.4 Å². The van der Waals surface area contributed by atoms with E-state index in [-0.39, 0.29) is 5.69 Å².